The van der Waals surface area contributed by atoms with Crippen molar-refractivity contribution in [3.05, 3.63) is 29.3 Å². The molecular weight excluding hydrogens is 456 g/mol. The summed E-state index contributed by atoms with van der Waals surface area (Å²) in [7, 11) is -3.95. The van der Waals surface area contributed by atoms with Crippen LogP contribution < -0.4 is 5.14 Å². The summed E-state index contributed by atoms with van der Waals surface area (Å²) in [4.78, 5) is 26.9. The number of aromatic hydroxyl groups is 1. The van der Waals surface area contributed by atoms with Crippen molar-refractivity contribution < 1.29 is 27.9 Å². The molecule has 1 aromatic rings. The van der Waals surface area contributed by atoms with E-state index in [2.05, 4.69) is 13.0 Å². The molecular formula is C25H34N2O6S. The molecule has 0 aromatic heterocycles. The number of likely N-dealkylation sites (tertiary alicyclic amines) is 1. The number of carbonyl (C=O) groups excluding carboxylic acids is 2. The number of aryl methyl sites for hydroxylation is 1. The molecule has 34 heavy (non-hydrogen) atoms. The van der Waals surface area contributed by atoms with Crippen LogP contribution in [0.5, 0.6) is 5.75 Å². The third kappa shape index (κ3) is 4.11. The Labute approximate surface area is 200 Å². The summed E-state index contributed by atoms with van der Waals surface area (Å²) < 4.78 is 28.8. The second-order valence-electron chi connectivity index (χ2n) is 10.9. The Morgan fingerprint density at radius 1 is 1.21 bits per heavy atom. The Balaban J connectivity index is 1.29. The lowest BCUT2D eigenvalue weighted by Gasteiger charge is -2.50. The molecule has 0 radical (unpaired) electrons. The molecule has 1 heterocycles. The number of sulfonamides is 1. The Morgan fingerprint density at radius 2 is 2.00 bits per heavy atom. The number of hydrogen-bond acceptors (Lipinski definition) is 6. The number of fused-ring (bicyclic) bond motifs is 5. The van der Waals surface area contributed by atoms with Gasteiger partial charge in [0.2, 0.25) is 15.9 Å². The molecule has 1 saturated heterocycles. The van der Waals surface area contributed by atoms with Gasteiger partial charge in [-0.2, -0.15) is 0 Å². The molecule has 186 valence electrons. The highest BCUT2D eigenvalue weighted by Gasteiger charge is 2.56. The number of benzene rings is 1. The van der Waals surface area contributed by atoms with E-state index in [9.17, 15) is 23.1 Å². The van der Waals surface area contributed by atoms with Gasteiger partial charge in [-0.3, -0.25) is 4.79 Å². The maximum Gasteiger partial charge on any atom is 0.329 e. The van der Waals surface area contributed by atoms with Crippen molar-refractivity contribution in [2.24, 2.45) is 22.4 Å². The van der Waals surface area contributed by atoms with Gasteiger partial charge in [0.1, 0.15) is 23.6 Å². The third-order valence-electron chi connectivity index (χ3n) is 9.05. The molecule has 8 nitrogen and oxygen atoms in total. The number of esters is 1. The topological polar surface area (TPSA) is 127 Å². The van der Waals surface area contributed by atoms with E-state index in [0.29, 0.717) is 42.9 Å². The Morgan fingerprint density at radius 3 is 2.76 bits per heavy atom. The molecule has 2 saturated carbocycles. The number of amides is 1. The van der Waals surface area contributed by atoms with E-state index >= 15 is 0 Å². The number of ether oxygens (including phenoxy) is 1. The molecule has 1 aromatic carbocycles. The minimum Gasteiger partial charge on any atom is -0.508 e. The van der Waals surface area contributed by atoms with Gasteiger partial charge in [-0.25, -0.2) is 18.4 Å². The van der Waals surface area contributed by atoms with Crippen LogP contribution in [0, 0.1) is 17.3 Å². The van der Waals surface area contributed by atoms with Crippen LogP contribution in [-0.2, 0) is 30.8 Å². The maximum absolute atomic E-state index is 13.2. The van der Waals surface area contributed by atoms with E-state index in [1.807, 2.05) is 6.07 Å². The molecule has 0 bridgehead atoms. The fourth-order valence-electron chi connectivity index (χ4n) is 7.50. The van der Waals surface area contributed by atoms with Crippen LogP contribution in [0.25, 0.3) is 0 Å². The molecule has 9 heteroatoms. The quantitative estimate of drug-likeness (QED) is 0.624. The molecule has 3 unspecified atom stereocenters. The van der Waals surface area contributed by atoms with Gasteiger partial charge in [-0.05, 0) is 92.4 Å². The summed E-state index contributed by atoms with van der Waals surface area (Å²) in [6, 6.07) is 5.05. The van der Waals surface area contributed by atoms with Crippen molar-refractivity contribution in [3.63, 3.8) is 0 Å². The van der Waals surface area contributed by atoms with Gasteiger partial charge in [0.25, 0.3) is 0 Å². The number of primary sulfonamides is 1. The first kappa shape index (κ1) is 23.6. The summed E-state index contributed by atoms with van der Waals surface area (Å²) in [6.45, 7) is 2.60. The highest BCUT2D eigenvalue weighted by atomic mass is 32.2. The molecule has 3 aliphatic carbocycles. The van der Waals surface area contributed by atoms with Gasteiger partial charge in [0.15, 0.2) is 0 Å². The average molecular weight is 491 g/mol. The highest BCUT2D eigenvalue weighted by Crippen LogP contribution is 2.61. The van der Waals surface area contributed by atoms with Crippen LogP contribution in [-0.4, -0.2) is 54.7 Å². The van der Waals surface area contributed by atoms with Crippen LogP contribution in [0.1, 0.15) is 68.9 Å². The standard InChI is InChI=1S/C25H34N2O6S/c1-25-11-10-18-17-7-5-16(28)13-15(17)4-6-19(18)20(25)8-9-22(25)33-24(30)21-3-2-12-27(21)23(29)14-34(26,31)32/h5,7,13,18-22,28H,2-4,6,8-12,14H2,1H3,(H2,26,31,32)/t18?,19?,20?,21-,22-,25-/m0/s1. The van der Waals surface area contributed by atoms with E-state index in [4.69, 9.17) is 9.88 Å². The number of rotatable bonds is 4. The number of hydrogen-bond donors (Lipinski definition) is 2. The van der Waals surface area contributed by atoms with Crippen LogP contribution in [0.15, 0.2) is 18.2 Å². The van der Waals surface area contributed by atoms with E-state index in [1.165, 1.54) is 16.0 Å². The lowest BCUT2D eigenvalue weighted by atomic mass is 9.55. The zero-order chi connectivity index (χ0) is 24.3. The second-order valence-corrected chi connectivity index (χ2v) is 12.5. The van der Waals surface area contributed by atoms with E-state index in [0.717, 1.165) is 38.5 Å². The van der Waals surface area contributed by atoms with Gasteiger partial charge in [-0.15, -0.1) is 0 Å². The number of carbonyl (C=O) groups is 2. The maximum atomic E-state index is 13.2. The summed E-state index contributed by atoms with van der Waals surface area (Å²) in [5.41, 5.74) is 2.53. The second kappa shape index (κ2) is 8.52. The van der Waals surface area contributed by atoms with Gasteiger partial charge < -0.3 is 14.7 Å². The summed E-state index contributed by atoms with van der Waals surface area (Å²) >= 11 is 0. The molecule has 6 atom stereocenters. The Bertz CT molecular complexity index is 1100. The van der Waals surface area contributed by atoms with Gasteiger partial charge >= 0.3 is 5.97 Å². The monoisotopic (exact) mass is 490 g/mol. The number of nitrogens with two attached hydrogens (primary N) is 1. The predicted octanol–water partition coefficient (Wildman–Crippen LogP) is 2.44. The van der Waals surface area contributed by atoms with Crippen molar-refractivity contribution in [2.75, 3.05) is 12.3 Å². The fraction of sp³-hybridized carbons (Fsp3) is 0.680. The zero-order valence-electron chi connectivity index (χ0n) is 19.6. The van der Waals surface area contributed by atoms with Crippen LogP contribution >= 0.6 is 0 Å². The van der Waals surface area contributed by atoms with Crippen LogP contribution in [0.3, 0.4) is 0 Å². The third-order valence-corrected chi connectivity index (χ3v) is 9.70. The first-order chi connectivity index (χ1) is 16.1. The fourth-order valence-corrected chi connectivity index (χ4v) is 8.01. The van der Waals surface area contributed by atoms with Crippen molar-refractivity contribution in [1.29, 1.82) is 0 Å². The molecule has 1 amide bonds. The van der Waals surface area contributed by atoms with Gasteiger partial charge in [-0.1, -0.05) is 13.0 Å². The van der Waals surface area contributed by atoms with E-state index < -0.39 is 33.7 Å². The van der Waals surface area contributed by atoms with Crippen molar-refractivity contribution in [1.82, 2.24) is 4.90 Å². The van der Waals surface area contributed by atoms with Gasteiger partial charge in [0, 0.05) is 12.0 Å². The molecule has 1 aliphatic heterocycles. The van der Waals surface area contributed by atoms with E-state index in [-0.39, 0.29) is 11.5 Å². The number of phenolic OH excluding ortho intramolecular Hbond substituents is 1. The first-order valence-electron chi connectivity index (χ1n) is 12.4. The Hall–Kier alpha value is -2.13. The minimum atomic E-state index is -3.95. The number of phenols is 1. The average Bonchev–Trinajstić information content (AvgIpc) is 3.37. The van der Waals surface area contributed by atoms with Crippen LogP contribution in [0.2, 0.25) is 0 Å². The minimum absolute atomic E-state index is 0.0979. The highest BCUT2D eigenvalue weighted by molar-refractivity contribution is 7.89. The van der Waals surface area contributed by atoms with Crippen LogP contribution in [0.4, 0.5) is 0 Å². The summed E-state index contributed by atoms with van der Waals surface area (Å²) in [5.74, 6) is -0.0215. The van der Waals surface area contributed by atoms with Crippen molar-refractivity contribution in [3.8, 4) is 5.75 Å². The normalized spacial score (nSPS) is 34.8. The largest absolute Gasteiger partial charge is 0.508 e. The predicted molar refractivity (Wildman–Crippen MR) is 125 cm³/mol. The zero-order valence-corrected chi connectivity index (χ0v) is 20.4. The van der Waals surface area contributed by atoms with Crippen molar-refractivity contribution >= 4 is 21.9 Å². The first-order valence-corrected chi connectivity index (χ1v) is 14.1. The summed E-state index contributed by atoms with van der Waals surface area (Å²) in [5, 5.41) is 14.9. The van der Waals surface area contributed by atoms with Gasteiger partial charge in [0.05, 0.1) is 0 Å². The summed E-state index contributed by atoms with van der Waals surface area (Å²) in [6.07, 6.45) is 6.81. The number of nitrogens with zero attached hydrogens (tertiary/aromatic N) is 1. The molecule has 5 rings (SSSR count). The van der Waals surface area contributed by atoms with Crippen molar-refractivity contribution in [2.45, 2.75) is 76.4 Å². The Kier molecular flexibility index (Phi) is 5.91. The molecule has 3 N–H and O–H groups in total. The van der Waals surface area contributed by atoms with E-state index in [1.54, 1.807) is 6.07 Å². The molecule has 4 aliphatic rings. The molecule has 3 fully saturated rings. The SMILES string of the molecule is C[C@]12CCC3c4ccc(O)cc4CCC3C1CC[C@@H]2OC(=O)[C@@H]1CCCN1C(=O)CS(N)(=O)=O. The molecule has 0 spiro atoms. The smallest absolute Gasteiger partial charge is 0.329 e. The lowest BCUT2D eigenvalue weighted by molar-refractivity contribution is -0.165. The lowest BCUT2D eigenvalue weighted by Crippen LogP contribution is -2.48.